The van der Waals surface area contributed by atoms with Crippen molar-refractivity contribution < 1.29 is 14.3 Å². The van der Waals surface area contributed by atoms with E-state index in [0.29, 0.717) is 30.5 Å². The van der Waals surface area contributed by atoms with Crippen molar-refractivity contribution in [3.05, 3.63) is 53.1 Å². The largest absolute Gasteiger partial charge is 0.457 e. The van der Waals surface area contributed by atoms with Crippen LogP contribution in [0.5, 0.6) is 11.5 Å². The molecule has 0 atom stereocenters. The molecule has 2 aromatic carbocycles. The Hall–Kier alpha value is -2.53. The van der Waals surface area contributed by atoms with Gasteiger partial charge in [0, 0.05) is 37.6 Å². The summed E-state index contributed by atoms with van der Waals surface area (Å²) in [6, 6.07) is 12.5. The lowest BCUT2D eigenvalue weighted by molar-refractivity contribution is 0.0950. The number of nitrogens with one attached hydrogen (secondary N) is 2. The van der Waals surface area contributed by atoms with Gasteiger partial charge in [0.15, 0.2) is 0 Å². The van der Waals surface area contributed by atoms with Crippen LogP contribution in [0.1, 0.15) is 60.0 Å². The van der Waals surface area contributed by atoms with Crippen LogP contribution in [0.15, 0.2) is 36.4 Å². The highest BCUT2D eigenvalue weighted by Crippen LogP contribution is 2.30. The van der Waals surface area contributed by atoms with Crippen molar-refractivity contribution in [3.63, 3.8) is 0 Å². The molecule has 2 N–H and O–H groups in total. The lowest BCUT2D eigenvalue weighted by atomic mass is 10.1. The SMILES string of the molecule is COCCCCNC(=O)c1cc(Oc2ccc(NC3CCCC3)cc2C)ccc1C. The summed E-state index contributed by atoms with van der Waals surface area (Å²) in [5.74, 6) is 1.41. The average Bonchev–Trinajstić information content (AvgIpc) is 3.24. The van der Waals surface area contributed by atoms with E-state index in [4.69, 9.17) is 9.47 Å². The van der Waals surface area contributed by atoms with Crippen molar-refractivity contribution in [2.75, 3.05) is 25.6 Å². The molecule has 1 fully saturated rings. The van der Waals surface area contributed by atoms with E-state index < -0.39 is 0 Å². The van der Waals surface area contributed by atoms with Crippen molar-refractivity contribution in [2.24, 2.45) is 0 Å². The summed E-state index contributed by atoms with van der Waals surface area (Å²) < 4.78 is 11.2. The molecule has 0 radical (unpaired) electrons. The van der Waals surface area contributed by atoms with Crippen LogP contribution in [-0.4, -0.2) is 32.2 Å². The summed E-state index contributed by atoms with van der Waals surface area (Å²) >= 11 is 0. The van der Waals surface area contributed by atoms with Crippen molar-refractivity contribution in [1.82, 2.24) is 5.32 Å². The van der Waals surface area contributed by atoms with Crippen molar-refractivity contribution in [2.45, 2.75) is 58.4 Å². The molecule has 0 bridgehead atoms. The zero-order valence-corrected chi connectivity index (χ0v) is 18.4. The van der Waals surface area contributed by atoms with Gasteiger partial charge in [0.05, 0.1) is 0 Å². The molecule has 0 aromatic heterocycles. The van der Waals surface area contributed by atoms with Gasteiger partial charge in [0.2, 0.25) is 0 Å². The molecule has 3 rings (SSSR count). The molecule has 162 valence electrons. The summed E-state index contributed by atoms with van der Waals surface area (Å²) in [6.45, 7) is 5.35. The fraction of sp³-hybridized carbons (Fsp3) is 0.480. The van der Waals surface area contributed by atoms with Gasteiger partial charge in [-0.05, 0) is 81.0 Å². The van der Waals surface area contributed by atoms with Crippen LogP contribution in [0.2, 0.25) is 0 Å². The first kappa shape index (κ1) is 22.2. The van der Waals surface area contributed by atoms with Crippen LogP contribution in [0.4, 0.5) is 5.69 Å². The Morgan fingerprint density at radius 2 is 1.83 bits per heavy atom. The number of benzene rings is 2. The number of carbonyl (C=O) groups excluding carboxylic acids is 1. The van der Waals surface area contributed by atoms with E-state index in [1.54, 1.807) is 7.11 Å². The number of hydrogen-bond donors (Lipinski definition) is 2. The third-order valence-corrected chi connectivity index (χ3v) is 5.64. The number of rotatable bonds is 10. The summed E-state index contributed by atoms with van der Waals surface area (Å²) in [7, 11) is 1.69. The second-order valence-electron chi connectivity index (χ2n) is 8.14. The number of aryl methyl sites for hydroxylation is 2. The third-order valence-electron chi connectivity index (χ3n) is 5.64. The minimum atomic E-state index is -0.0665. The molecule has 0 unspecified atom stereocenters. The third kappa shape index (κ3) is 6.23. The van der Waals surface area contributed by atoms with E-state index in [1.807, 2.05) is 31.2 Å². The molecule has 0 heterocycles. The minimum absolute atomic E-state index is 0.0665. The summed E-state index contributed by atoms with van der Waals surface area (Å²) in [6.07, 6.45) is 6.96. The van der Waals surface area contributed by atoms with E-state index in [2.05, 4.69) is 29.7 Å². The first-order chi connectivity index (χ1) is 14.6. The zero-order chi connectivity index (χ0) is 21.3. The van der Waals surface area contributed by atoms with E-state index in [9.17, 15) is 4.79 Å². The molecular weight excluding hydrogens is 376 g/mol. The van der Waals surface area contributed by atoms with Crippen LogP contribution >= 0.6 is 0 Å². The van der Waals surface area contributed by atoms with Crippen molar-refractivity contribution >= 4 is 11.6 Å². The summed E-state index contributed by atoms with van der Waals surface area (Å²) in [4.78, 5) is 12.6. The quantitative estimate of drug-likeness (QED) is 0.500. The molecule has 0 aliphatic heterocycles. The minimum Gasteiger partial charge on any atom is -0.457 e. The Bertz CT molecular complexity index is 844. The smallest absolute Gasteiger partial charge is 0.251 e. The van der Waals surface area contributed by atoms with Gasteiger partial charge in [0.25, 0.3) is 5.91 Å². The Labute approximate surface area is 180 Å². The molecule has 5 nitrogen and oxygen atoms in total. The van der Waals surface area contributed by atoms with Crippen LogP contribution in [0, 0.1) is 13.8 Å². The van der Waals surface area contributed by atoms with Gasteiger partial charge in [0.1, 0.15) is 11.5 Å². The zero-order valence-electron chi connectivity index (χ0n) is 18.4. The first-order valence-electron chi connectivity index (χ1n) is 11.0. The second kappa shape index (κ2) is 11.0. The van der Waals surface area contributed by atoms with Gasteiger partial charge >= 0.3 is 0 Å². The molecule has 1 saturated carbocycles. The molecule has 30 heavy (non-hydrogen) atoms. The number of unbranched alkanes of at least 4 members (excludes halogenated alkanes) is 1. The van der Waals surface area contributed by atoms with Crippen LogP contribution in [0.3, 0.4) is 0 Å². The Morgan fingerprint density at radius 1 is 1.03 bits per heavy atom. The molecule has 1 aliphatic rings. The Balaban J connectivity index is 1.62. The Kier molecular flexibility index (Phi) is 8.14. The van der Waals surface area contributed by atoms with Crippen molar-refractivity contribution in [1.29, 1.82) is 0 Å². The molecule has 2 aromatic rings. The molecule has 0 spiro atoms. The van der Waals surface area contributed by atoms with Crippen LogP contribution in [0.25, 0.3) is 0 Å². The van der Waals surface area contributed by atoms with Gasteiger partial charge in [-0.25, -0.2) is 0 Å². The van der Waals surface area contributed by atoms with Gasteiger partial charge in [-0.1, -0.05) is 18.9 Å². The van der Waals surface area contributed by atoms with Crippen molar-refractivity contribution in [3.8, 4) is 11.5 Å². The van der Waals surface area contributed by atoms with Gasteiger partial charge < -0.3 is 20.1 Å². The number of anilines is 1. The average molecular weight is 411 g/mol. The van der Waals surface area contributed by atoms with E-state index >= 15 is 0 Å². The number of carbonyl (C=O) groups is 1. The number of methoxy groups -OCH3 is 1. The maximum atomic E-state index is 12.6. The second-order valence-corrected chi connectivity index (χ2v) is 8.14. The molecule has 0 saturated heterocycles. The molecule has 5 heteroatoms. The highest BCUT2D eigenvalue weighted by atomic mass is 16.5. The summed E-state index contributed by atoms with van der Waals surface area (Å²) in [5.41, 5.74) is 3.80. The monoisotopic (exact) mass is 410 g/mol. The molecule has 1 amide bonds. The lowest BCUT2D eigenvalue weighted by Crippen LogP contribution is -2.25. The fourth-order valence-electron chi connectivity index (χ4n) is 3.86. The maximum absolute atomic E-state index is 12.6. The van der Waals surface area contributed by atoms with Gasteiger partial charge in [-0.15, -0.1) is 0 Å². The first-order valence-corrected chi connectivity index (χ1v) is 11.0. The highest BCUT2D eigenvalue weighted by molar-refractivity contribution is 5.96. The highest BCUT2D eigenvalue weighted by Gasteiger charge is 2.15. The molecular formula is C25H34N2O3. The standard InChI is InChI=1S/C25H34N2O3/c1-18-10-12-22(17-23(18)25(28)26-14-6-7-15-29-3)30-24-13-11-21(16-19(24)2)27-20-8-4-5-9-20/h10-13,16-17,20,27H,4-9,14-15H2,1-3H3,(H,26,28). The number of amides is 1. The van der Waals surface area contributed by atoms with E-state index in [1.165, 1.54) is 25.7 Å². The predicted molar refractivity (Wildman–Crippen MR) is 122 cm³/mol. The van der Waals surface area contributed by atoms with Crippen LogP contribution < -0.4 is 15.4 Å². The van der Waals surface area contributed by atoms with Gasteiger partial charge in [-0.2, -0.15) is 0 Å². The van der Waals surface area contributed by atoms with Crippen LogP contribution in [-0.2, 0) is 4.74 Å². The topological polar surface area (TPSA) is 59.6 Å². The fourth-order valence-corrected chi connectivity index (χ4v) is 3.86. The summed E-state index contributed by atoms with van der Waals surface area (Å²) in [5, 5.41) is 6.60. The number of ether oxygens (including phenoxy) is 2. The van der Waals surface area contributed by atoms with E-state index in [-0.39, 0.29) is 5.91 Å². The predicted octanol–water partition coefficient (Wildman–Crippen LogP) is 5.61. The normalized spacial score (nSPS) is 14.0. The van der Waals surface area contributed by atoms with Gasteiger partial charge in [-0.3, -0.25) is 4.79 Å². The van der Waals surface area contributed by atoms with E-state index in [0.717, 1.165) is 35.4 Å². The number of hydrogen-bond acceptors (Lipinski definition) is 4. The molecule has 1 aliphatic carbocycles. The Morgan fingerprint density at radius 3 is 2.57 bits per heavy atom. The maximum Gasteiger partial charge on any atom is 0.251 e. The lowest BCUT2D eigenvalue weighted by Gasteiger charge is -2.16.